The van der Waals surface area contributed by atoms with E-state index in [-0.39, 0.29) is 32.0 Å². The van der Waals surface area contributed by atoms with Crippen LogP contribution in [0.1, 0.15) is 18.4 Å². The van der Waals surface area contributed by atoms with Crippen molar-refractivity contribution in [2.75, 3.05) is 13.1 Å². The predicted octanol–water partition coefficient (Wildman–Crippen LogP) is 0.575. The molecule has 9 nitrogen and oxygen atoms in total. The molecule has 11 heteroatoms. The van der Waals surface area contributed by atoms with Crippen molar-refractivity contribution >= 4 is 47.4 Å². The van der Waals surface area contributed by atoms with Crippen molar-refractivity contribution in [1.82, 2.24) is 10.2 Å². The predicted molar refractivity (Wildman–Crippen MR) is 102 cm³/mol. The van der Waals surface area contributed by atoms with E-state index in [0.717, 1.165) is 0 Å². The largest absolute Gasteiger partial charge is 0.480 e. The minimum atomic E-state index is -1.19. The van der Waals surface area contributed by atoms with E-state index in [2.05, 4.69) is 10.3 Å². The molecule has 1 aromatic rings. The van der Waals surface area contributed by atoms with Gasteiger partial charge in [-0.05, 0) is 36.6 Å². The Morgan fingerprint density at radius 1 is 1.26 bits per heavy atom. The molecule has 0 saturated carbocycles. The van der Waals surface area contributed by atoms with Crippen molar-refractivity contribution in [3.63, 3.8) is 0 Å². The number of amides is 2. The van der Waals surface area contributed by atoms with Gasteiger partial charge in [-0.2, -0.15) is 0 Å². The van der Waals surface area contributed by atoms with Crippen LogP contribution in [0.15, 0.2) is 23.2 Å². The van der Waals surface area contributed by atoms with Crippen LogP contribution in [-0.2, 0) is 20.9 Å². The summed E-state index contributed by atoms with van der Waals surface area (Å²) in [6, 6.07) is 3.67. The molecule has 0 aliphatic carbocycles. The first-order valence-electron chi connectivity index (χ1n) is 7.93. The summed E-state index contributed by atoms with van der Waals surface area (Å²) < 4.78 is 0. The van der Waals surface area contributed by atoms with E-state index in [0.29, 0.717) is 28.4 Å². The number of guanidine groups is 1. The Balaban J connectivity index is 2.60. The van der Waals surface area contributed by atoms with Crippen molar-refractivity contribution < 1.29 is 19.5 Å². The van der Waals surface area contributed by atoms with Crippen LogP contribution in [0.5, 0.6) is 0 Å². The number of nitrogens with zero attached hydrogens (tertiary/aromatic N) is 2. The van der Waals surface area contributed by atoms with Gasteiger partial charge in [0.05, 0.1) is 6.54 Å². The third-order valence-corrected chi connectivity index (χ3v) is 3.82. The Morgan fingerprint density at radius 2 is 1.89 bits per heavy atom. The van der Waals surface area contributed by atoms with Crippen LogP contribution in [0.25, 0.3) is 0 Å². The summed E-state index contributed by atoms with van der Waals surface area (Å²) in [6.45, 7) is 0.0305. The maximum Gasteiger partial charge on any atom is 0.326 e. The lowest BCUT2D eigenvalue weighted by molar-refractivity contribution is -0.142. The second-order valence-corrected chi connectivity index (χ2v) is 6.57. The van der Waals surface area contributed by atoms with Gasteiger partial charge in [0, 0.05) is 23.1 Å². The Labute approximate surface area is 166 Å². The van der Waals surface area contributed by atoms with E-state index < -0.39 is 17.9 Å². The maximum absolute atomic E-state index is 12.1. The van der Waals surface area contributed by atoms with Crippen molar-refractivity contribution in [2.45, 2.75) is 25.4 Å². The summed E-state index contributed by atoms with van der Waals surface area (Å²) in [5.41, 5.74) is 11.0. The molecule has 0 radical (unpaired) electrons. The normalized spacial score (nSPS) is 11.3. The molecule has 0 aliphatic rings. The number of aliphatic imine (C=N–C) groups is 1. The lowest BCUT2D eigenvalue weighted by atomic mass is 10.1. The van der Waals surface area contributed by atoms with Crippen molar-refractivity contribution in [1.29, 1.82) is 0 Å². The highest BCUT2D eigenvalue weighted by Gasteiger charge is 2.20. The van der Waals surface area contributed by atoms with Gasteiger partial charge in [-0.3, -0.25) is 14.6 Å². The van der Waals surface area contributed by atoms with Gasteiger partial charge in [0.25, 0.3) is 0 Å². The molecule has 0 fully saturated rings. The zero-order valence-electron chi connectivity index (χ0n) is 14.4. The summed E-state index contributed by atoms with van der Waals surface area (Å²) in [7, 11) is 0. The van der Waals surface area contributed by atoms with E-state index in [1.54, 1.807) is 18.2 Å². The van der Waals surface area contributed by atoms with Crippen LogP contribution in [0.2, 0.25) is 10.0 Å². The van der Waals surface area contributed by atoms with Crippen LogP contribution in [0.3, 0.4) is 0 Å². The fourth-order valence-electron chi connectivity index (χ4n) is 2.25. The molecule has 0 spiro atoms. The molecular formula is C16H21Cl2N5O4. The van der Waals surface area contributed by atoms with Gasteiger partial charge in [-0.1, -0.05) is 23.2 Å². The maximum atomic E-state index is 12.1. The molecule has 2 amide bonds. The highest BCUT2D eigenvalue weighted by atomic mass is 35.5. The molecule has 1 atom stereocenters. The van der Waals surface area contributed by atoms with Gasteiger partial charge in [0.2, 0.25) is 12.3 Å². The van der Waals surface area contributed by atoms with Crippen LogP contribution < -0.4 is 16.8 Å². The van der Waals surface area contributed by atoms with Gasteiger partial charge < -0.3 is 26.8 Å². The number of hydrogen-bond acceptors (Lipinski definition) is 4. The number of nitrogens with one attached hydrogen (secondary N) is 1. The Bertz CT molecular complexity index is 690. The molecule has 0 saturated heterocycles. The van der Waals surface area contributed by atoms with E-state index in [4.69, 9.17) is 34.7 Å². The standard InChI is InChI=1S/C16H21Cl2N5O4/c17-11-4-10(5-12(18)6-11)7-23(9-24)8-14(25)22-13(15(26)27)2-1-3-21-16(19)20/h4-6,9,13H,1-3,7-8H2,(H,22,25)(H,26,27)(H4,19,20,21). The first-order chi connectivity index (χ1) is 12.7. The number of nitrogens with two attached hydrogens (primary N) is 2. The first-order valence-corrected chi connectivity index (χ1v) is 8.68. The van der Waals surface area contributed by atoms with Gasteiger partial charge in [0.1, 0.15) is 6.04 Å². The summed E-state index contributed by atoms with van der Waals surface area (Å²) in [4.78, 5) is 39.5. The Hall–Kier alpha value is -2.52. The Kier molecular flexibility index (Phi) is 9.38. The lowest BCUT2D eigenvalue weighted by Gasteiger charge is -2.19. The molecule has 6 N–H and O–H groups in total. The van der Waals surface area contributed by atoms with E-state index in [9.17, 15) is 19.5 Å². The SMILES string of the molecule is NC(N)=NCCCC(NC(=O)CN(C=O)Cc1cc(Cl)cc(Cl)c1)C(=O)O. The van der Waals surface area contributed by atoms with Gasteiger partial charge in [0.15, 0.2) is 5.96 Å². The molecule has 27 heavy (non-hydrogen) atoms. The monoisotopic (exact) mass is 417 g/mol. The number of carbonyl (C=O) groups excluding carboxylic acids is 2. The highest BCUT2D eigenvalue weighted by Crippen LogP contribution is 2.19. The van der Waals surface area contributed by atoms with E-state index in [1.165, 1.54) is 4.90 Å². The minimum Gasteiger partial charge on any atom is -0.480 e. The Morgan fingerprint density at radius 3 is 2.41 bits per heavy atom. The second-order valence-electron chi connectivity index (χ2n) is 5.70. The number of carbonyl (C=O) groups is 3. The summed E-state index contributed by atoms with van der Waals surface area (Å²) in [6.07, 6.45) is 0.999. The fraction of sp³-hybridized carbons (Fsp3) is 0.375. The molecule has 148 valence electrons. The van der Waals surface area contributed by atoms with Gasteiger partial charge in [-0.15, -0.1) is 0 Å². The zero-order valence-corrected chi connectivity index (χ0v) is 15.9. The van der Waals surface area contributed by atoms with E-state index >= 15 is 0 Å². The molecule has 0 aromatic heterocycles. The average Bonchev–Trinajstić information content (AvgIpc) is 2.55. The second kappa shape index (κ2) is 11.2. The fourth-order valence-corrected chi connectivity index (χ4v) is 2.82. The third-order valence-electron chi connectivity index (χ3n) is 3.38. The van der Waals surface area contributed by atoms with Crippen LogP contribution in [-0.4, -0.2) is 53.4 Å². The molecule has 0 heterocycles. The smallest absolute Gasteiger partial charge is 0.326 e. The summed E-state index contributed by atoms with van der Waals surface area (Å²) in [5.74, 6) is -1.88. The molecule has 0 aliphatic heterocycles. The minimum absolute atomic E-state index is 0.0892. The van der Waals surface area contributed by atoms with Gasteiger partial charge >= 0.3 is 5.97 Å². The zero-order chi connectivity index (χ0) is 20.4. The van der Waals surface area contributed by atoms with Crippen molar-refractivity contribution in [2.24, 2.45) is 16.5 Å². The molecule has 0 bridgehead atoms. The summed E-state index contributed by atoms with van der Waals surface area (Å²) in [5, 5.41) is 12.4. The van der Waals surface area contributed by atoms with E-state index in [1.807, 2.05) is 0 Å². The molecule has 1 unspecified atom stereocenters. The van der Waals surface area contributed by atoms with Crippen molar-refractivity contribution in [3.05, 3.63) is 33.8 Å². The van der Waals surface area contributed by atoms with Crippen LogP contribution in [0.4, 0.5) is 0 Å². The lowest BCUT2D eigenvalue weighted by Crippen LogP contribution is -2.45. The first kappa shape index (κ1) is 22.5. The number of carboxylic acid groups (broad SMARTS) is 1. The molecule has 1 rings (SSSR count). The molecular weight excluding hydrogens is 397 g/mol. The number of carboxylic acids is 1. The summed E-state index contributed by atoms with van der Waals surface area (Å²) >= 11 is 11.8. The van der Waals surface area contributed by atoms with Gasteiger partial charge in [-0.25, -0.2) is 4.79 Å². The third kappa shape index (κ3) is 9.11. The number of aliphatic carboxylic acids is 1. The van der Waals surface area contributed by atoms with Crippen LogP contribution >= 0.6 is 23.2 Å². The van der Waals surface area contributed by atoms with Crippen molar-refractivity contribution in [3.8, 4) is 0 Å². The average molecular weight is 418 g/mol. The number of hydrogen-bond donors (Lipinski definition) is 4. The highest BCUT2D eigenvalue weighted by molar-refractivity contribution is 6.34. The molecule has 1 aromatic carbocycles. The quantitative estimate of drug-likeness (QED) is 0.179. The number of halogens is 2. The number of rotatable bonds is 11. The van der Waals surface area contributed by atoms with Crippen LogP contribution in [0, 0.1) is 0 Å². The topological polar surface area (TPSA) is 151 Å². The number of benzene rings is 1.